The summed E-state index contributed by atoms with van der Waals surface area (Å²) in [4.78, 5) is 45.8. The Morgan fingerprint density at radius 2 is 0.953 bits per heavy atom. The highest BCUT2D eigenvalue weighted by Gasteiger charge is 2.20. The van der Waals surface area contributed by atoms with Crippen molar-refractivity contribution in [2.45, 2.75) is 0 Å². The van der Waals surface area contributed by atoms with E-state index in [1.165, 1.54) is 52.7 Å². The number of esters is 4. The molecule has 0 aromatic heterocycles. The zero-order valence-corrected chi connectivity index (χ0v) is 29.0. The number of aromatic hydroxyl groups is 1. The van der Waals surface area contributed by atoms with Gasteiger partial charge in [0.25, 0.3) is 0 Å². The lowest BCUT2D eigenvalue weighted by atomic mass is 10.1. The number of phenols is 1. The molecule has 0 amide bonds. The molecule has 12 nitrogen and oxygen atoms in total. The average molecular weight is 803 g/mol. The van der Waals surface area contributed by atoms with Crippen molar-refractivity contribution in [3.05, 3.63) is 58.7 Å². The summed E-state index contributed by atoms with van der Waals surface area (Å²) in [6.45, 7) is 2.98. The Kier molecular flexibility index (Phi) is 23.1. The van der Waals surface area contributed by atoms with Crippen LogP contribution >= 0.6 is 47.8 Å². The largest absolute Gasteiger partial charge is 0.508 e. The van der Waals surface area contributed by atoms with Crippen LogP contribution in [0.25, 0.3) is 0 Å². The fourth-order valence-electron chi connectivity index (χ4n) is 2.87. The monoisotopic (exact) mass is 800 g/mol. The molecule has 0 bridgehead atoms. The molecule has 0 spiro atoms. The number of ether oxygens (including phenoxy) is 7. The summed E-state index contributed by atoms with van der Waals surface area (Å²) in [5, 5.41) is 11.8. The van der Waals surface area contributed by atoms with E-state index in [4.69, 9.17) is 14.2 Å². The van der Waals surface area contributed by atoms with Gasteiger partial charge in [-0.3, -0.25) is 0 Å². The van der Waals surface area contributed by atoms with Crippen LogP contribution in [0.15, 0.2) is 36.4 Å². The van der Waals surface area contributed by atoms with Gasteiger partial charge in [0.05, 0.1) is 77.1 Å². The zero-order chi connectivity index (χ0) is 32.6. The molecule has 43 heavy (non-hydrogen) atoms. The van der Waals surface area contributed by atoms with Gasteiger partial charge in [0.15, 0.2) is 0 Å². The maximum atomic E-state index is 11.7. The van der Waals surface area contributed by atoms with Crippen LogP contribution in [0.4, 0.5) is 0 Å². The maximum Gasteiger partial charge on any atom is 0.338 e. The Balaban J connectivity index is 0.000000696. The Bertz CT molecular complexity index is 1140. The standard InChI is InChI=1S/C14H17BrO6.C10H10O5.C4H8Br2O/c1-18-13(16)11-4-3-10(9-12(11)14(17)19-2)21-8-7-20-6-5-15;1-14-9(12)7-4-3-6(11)5-8(7)10(13)15-2;5-1-3-7-4-2-6/h3-4,9H,5-8H2,1-2H3;3-5,11H,1-2H3;1-4H2. The van der Waals surface area contributed by atoms with Crippen LogP contribution in [-0.4, -0.2) is 106 Å². The van der Waals surface area contributed by atoms with Crippen molar-refractivity contribution < 1.29 is 57.4 Å². The molecule has 0 unspecified atom stereocenters. The number of rotatable bonds is 14. The Morgan fingerprint density at radius 1 is 0.558 bits per heavy atom. The lowest BCUT2D eigenvalue weighted by molar-refractivity contribution is 0.0554. The normalized spacial score (nSPS) is 9.74. The molecule has 0 atom stereocenters. The first kappa shape index (κ1) is 40.3. The first-order chi connectivity index (χ1) is 20.6. The van der Waals surface area contributed by atoms with E-state index in [0.29, 0.717) is 25.6 Å². The summed E-state index contributed by atoms with van der Waals surface area (Å²) in [6.07, 6.45) is 0. The molecule has 0 radical (unpaired) electrons. The van der Waals surface area contributed by atoms with Crippen molar-refractivity contribution in [3.8, 4) is 11.5 Å². The molecule has 2 aromatic carbocycles. The van der Waals surface area contributed by atoms with Crippen molar-refractivity contribution >= 4 is 71.7 Å². The minimum absolute atomic E-state index is 0.0237. The van der Waals surface area contributed by atoms with Gasteiger partial charge in [0.2, 0.25) is 0 Å². The molecule has 0 heterocycles. The highest BCUT2D eigenvalue weighted by atomic mass is 79.9. The number of carbonyl (C=O) groups excluding carboxylic acids is 4. The van der Waals surface area contributed by atoms with Crippen LogP contribution in [0.1, 0.15) is 41.4 Å². The fraction of sp³-hybridized carbons (Fsp3) is 0.429. The predicted molar refractivity (Wildman–Crippen MR) is 168 cm³/mol. The van der Waals surface area contributed by atoms with Crippen LogP contribution < -0.4 is 4.74 Å². The molecule has 1 N–H and O–H groups in total. The molecule has 0 saturated heterocycles. The molecule has 0 aliphatic rings. The van der Waals surface area contributed by atoms with Crippen molar-refractivity contribution in [2.75, 3.05) is 77.5 Å². The van der Waals surface area contributed by atoms with Crippen LogP contribution in [0.2, 0.25) is 0 Å². The number of alkyl halides is 3. The van der Waals surface area contributed by atoms with Crippen LogP contribution in [0.5, 0.6) is 11.5 Å². The summed E-state index contributed by atoms with van der Waals surface area (Å²) < 4.78 is 34.0. The smallest absolute Gasteiger partial charge is 0.338 e. The van der Waals surface area contributed by atoms with Crippen molar-refractivity contribution in [1.82, 2.24) is 0 Å². The zero-order valence-electron chi connectivity index (χ0n) is 24.2. The second-order valence-corrected chi connectivity index (χ2v) is 9.92. The summed E-state index contributed by atoms with van der Waals surface area (Å²) >= 11 is 9.73. The number of hydrogen-bond acceptors (Lipinski definition) is 12. The molecule has 2 rings (SSSR count). The van der Waals surface area contributed by atoms with Gasteiger partial charge in [-0.15, -0.1) is 0 Å². The number of hydrogen-bond donors (Lipinski definition) is 1. The molecule has 15 heteroatoms. The average Bonchev–Trinajstić information content (AvgIpc) is 3.03. The minimum Gasteiger partial charge on any atom is -0.508 e. The third-order valence-corrected chi connectivity index (χ3v) is 5.75. The topological polar surface area (TPSA) is 153 Å². The number of methoxy groups -OCH3 is 4. The summed E-state index contributed by atoms with van der Waals surface area (Å²) in [6, 6.07) is 8.24. The first-order valence-corrected chi connectivity index (χ1v) is 15.8. The van der Waals surface area contributed by atoms with E-state index in [-0.39, 0.29) is 28.0 Å². The molecule has 0 saturated carbocycles. The first-order valence-electron chi connectivity index (χ1n) is 12.4. The fourth-order valence-corrected chi connectivity index (χ4v) is 3.55. The van der Waals surface area contributed by atoms with E-state index in [0.717, 1.165) is 35.3 Å². The summed E-state index contributed by atoms with van der Waals surface area (Å²) in [5.41, 5.74) is 0.266. The molecule has 0 aliphatic heterocycles. The molecule has 0 fully saturated rings. The van der Waals surface area contributed by atoms with Crippen molar-refractivity contribution in [3.63, 3.8) is 0 Å². The van der Waals surface area contributed by atoms with Gasteiger partial charge in [-0.25, -0.2) is 19.2 Å². The second-order valence-electron chi connectivity index (χ2n) is 7.54. The molecular weight excluding hydrogens is 768 g/mol. The summed E-state index contributed by atoms with van der Waals surface area (Å²) in [5.74, 6) is -2.27. The third-order valence-electron chi connectivity index (χ3n) is 4.78. The quantitative estimate of drug-likeness (QED) is 0.121. The van der Waals surface area contributed by atoms with E-state index in [1.807, 2.05) is 0 Å². The number of carbonyl (C=O) groups is 4. The van der Waals surface area contributed by atoms with Gasteiger partial charge in [0.1, 0.15) is 18.1 Å². The van der Waals surface area contributed by atoms with E-state index >= 15 is 0 Å². The van der Waals surface area contributed by atoms with Crippen LogP contribution in [0.3, 0.4) is 0 Å². The minimum atomic E-state index is -0.702. The molecule has 2 aromatic rings. The maximum absolute atomic E-state index is 11.7. The van der Waals surface area contributed by atoms with E-state index in [1.54, 1.807) is 6.07 Å². The molecular formula is C28H35Br3O12. The molecule has 0 aliphatic carbocycles. The number of phenolic OH excluding ortho intramolecular Hbond substituents is 1. The summed E-state index contributed by atoms with van der Waals surface area (Å²) in [7, 11) is 4.88. The van der Waals surface area contributed by atoms with Crippen molar-refractivity contribution in [2.24, 2.45) is 0 Å². The van der Waals surface area contributed by atoms with Gasteiger partial charge in [-0.05, 0) is 36.4 Å². The number of benzene rings is 2. The van der Waals surface area contributed by atoms with Gasteiger partial charge >= 0.3 is 23.9 Å². The van der Waals surface area contributed by atoms with Crippen molar-refractivity contribution in [1.29, 1.82) is 0 Å². The van der Waals surface area contributed by atoms with E-state index in [9.17, 15) is 24.3 Å². The lowest BCUT2D eigenvalue weighted by Crippen LogP contribution is -2.13. The predicted octanol–water partition coefficient (Wildman–Crippen LogP) is 4.81. The van der Waals surface area contributed by atoms with Gasteiger partial charge in [0, 0.05) is 16.0 Å². The van der Waals surface area contributed by atoms with E-state index in [2.05, 4.69) is 66.7 Å². The third kappa shape index (κ3) is 16.1. The van der Waals surface area contributed by atoms with Gasteiger partial charge < -0.3 is 38.3 Å². The van der Waals surface area contributed by atoms with E-state index < -0.39 is 23.9 Å². The Hall–Kier alpha value is -2.72. The second kappa shape index (κ2) is 24.7. The Labute approximate surface area is 275 Å². The van der Waals surface area contributed by atoms with Gasteiger partial charge in [-0.1, -0.05) is 47.8 Å². The SMILES string of the molecule is BrCCOCCBr.COC(=O)c1ccc(O)cc1C(=O)OC.COC(=O)c1ccc(OCCOCCBr)cc1C(=O)OC. The van der Waals surface area contributed by atoms with Crippen LogP contribution in [-0.2, 0) is 28.4 Å². The highest BCUT2D eigenvalue weighted by molar-refractivity contribution is 9.09. The van der Waals surface area contributed by atoms with Gasteiger partial charge in [-0.2, -0.15) is 0 Å². The van der Waals surface area contributed by atoms with Crippen LogP contribution in [0, 0.1) is 0 Å². The Morgan fingerprint density at radius 3 is 1.40 bits per heavy atom. The number of halogens is 3. The molecule has 240 valence electrons. The highest BCUT2D eigenvalue weighted by Crippen LogP contribution is 2.20. The lowest BCUT2D eigenvalue weighted by Gasteiger charge is -2.10.